The number of amides is 1. The summed E-state index contributed by atoms with van der Waals surface area (Å²) in [6.45, 7) is 0.308. The average molecular weight is 393 g/mol. The molecule has 0 fully saturated rings. The van der Waals surface area contributed by atoms with Gasteiger partial charge in [0.25, 0.3) is 11.8 Å². The maximum atomic E-state index is 13.4. The van der Waals surface area contributed by atoms with Gasteiger partial charge in [-0.3, -0.25) is 9.20 Å². The van der Waals surface area contributed by atoms with E-state index in [1.165, 1.54) is 25.6 Å². The van der Waals surface area contributed by atoms with Crippen molar-refractivity contribution in [1.82, 2.24) is 24.6 Å². The van der Waals surface area contributed by atoms with Crippen LogP contribution in [-0.2, 0) is 6.54 Å². The van der Waals surface area contributed by atoms with Crippen LogP contribution >= 0.6 is 0 Å². The number of fused-ring (bicyclic) bond motifs is 1. The molecule has 0 bridgehead atoms. The monoisotopic (exact) mass is 393 g/mol. The quantitative estimate of drug-likeness (QED) is 0.514. The molecule has 10 heteroatoms. The number of methoxy groups -OCH3 is 1. The second-order valence-electron chi connectivity index (χ2n) is 6.10. The normalized spacial score (nSPS) is 10.8. The summed E-state index contributed by atoms with van der Waals surface area (Å²) in [4.78, 5) is 20.4. The Hall–Kier alpha value is -4.08. The molecule has 0 radical (unpaired) electrons. The smallest absolute Gasteiger partial charge is 0.276 e. The number of ether oxygens (including phenoxy) is 1. The predicted octanol–water partition coefficient (Wildman–Crippen LogP) is 2.04. The van der Waals surface area contributed by atoms with Crippen LogP contribution in [0, 0.1) is 5.82 Å². The van der Waals surface area contributed by atoms with Crippen molar-refractivity contribution in [3.05, 3.63) is 65.9 Å². The molecule has 4 rings (SSSR count). The SMILES string of the molecule is COc1nnc(-c2ncn3c(C(N)=O)cccc23)nc1NCc1cccc(F)c1. The Bertz CT molecular complexity index is 1210. The molecule has 0 atom stereocenters. The number of carbonyl (C=O) groups is 1. The molecule has 1 amide bonds. The highest BCUT2D eigenvalue weighted by molar-refractivity contribution is 5.92. The number of rotatable bonds is 6. The molecule has 0 saturated heterocycles. The lowest BCUT2D eigenvalue weighted by atomic mass is 10.2. The summed E-state index contributed by atoms with van der Waals surface area (Å²) in [5.74, 6) is -0.157. The highest BCUT2D eigenvalue weighted by Crippen LogP contribution is 2.25. The molecule has 0 aliphatic rings. The van der Waals surface area contributed by atoms with Gasteiger partial charge in [0, 0.05) is 6.54 Å². The van der Waals surface area contributed by atoms with E-state index in [1.807, 2.05) is 0 Å². The first-order chi connectivity index (χ1) is 14.1. The number of nitrogens with two attached hydrogens (primary N) is 1. The molecule has 4 aromatic rings. The molecule has 0 aliphatic carbocycles. The molecule has 3 heterocycles. The van der Waals surface area contributed by atoms with Gasteiger partial charge in [-0.25, -0.2) is 14.4 Å². The van der Waals surface area contributed by atoms with Gasteiger partial charge in [0.05, 0.1) is 12.6 Å². The van der Waals surface area contributed by atoms with Crippen LogP contribution in [0.25, 0.3) is 17.0 Å². The van der Waals surface area contributed by atoms with Crippen molar-refractivity contribution in [3.63, 3.8) is 0 Å². The van der Waals surface area contributed by atoms with E-state index in [-0.39, 0.29) is 23.2 Å². The standard InChI is InChI=1S/C19H16FN7O2/c1-29-19-18(22-9-11-4-2-5-12(20)8-11)24-17(25-26-19)15-13-6-3-7-14(16(21)28)27(13)10-23-15/h2-8,10H,9H2,1H3,(H2,21,28)(H,22,24,25). The van der Waals surface area contributed by atoms with E-state index in [4.69, 9.17) is 10.5 Å². The van der Waals surface area contributed by atoms with Crippen molar-refractivity contribution < 1.29 is 13.9 Å². The lowest BCUT2D eigenvalue weighted by molar-refractivity contribution is 0.0994. The lowest BCUT2D eigenvalue weighted by Gasteiger charge is -2.10. The van der Waals surface area contributed by atoms with Gasteiger partial charge >= 0.3 is 0 Å². The third-order valence-corrected chi connectivity index (χ3v) is 4.23. The molecule has 3 aromatic heterocycles. The fourth-order valence-electron chi connectivity index (χ4n) is 2.89. The number of nitrogens with zero attached hydrogens (tertiary/aromatic N) is 5. The second-order valence-corrected chi connectivity index (χ2v) is 6.10. The van der Waals surface area contributed by atoms with Crippen molar-refractivity contribution in [1.29, 1.82) is 0 Å². The first kappa shape index (κ1) is 18.3. The van der Waals surface area contributed by atoms with E-state index in [0.717, 1.165) is 5.56 Å². The van der Waals surface area contributed by atoms with Gasteiger partial charge in [-0.05, 0) is 29.8 Å². The minimum absolute atomic E-state index is 0.187. The zero-order chi connectivity index (χ0) is 20.4. The van der Waals surface area contributed by atoms with Crippen LogP contribution in [-0.4, -0.2) is 37.6 Å². The van der Waals surface area contributed by atoms with Crippen LogP contribution in [0.2, 0.25) is 0 Å². The van der Waals surface area contributed by atoms with Crippen LogP contribution < -0.4 is 15.8 Å². The Morgan fingerprint density at radius 3 is 2.83 bits per heavy atom. The van der Waals surface area contributed by atoms with E-state index in [9.17, 15) is 9.18 Å². The topological polar surface area (TPSA) is 120 Å². The fourth-order valence-corrected chi connectivity index (χ4v) is 2.89. The van der Waals surface area contributed by atoms with Crippen LogP contribution in [0.4, 0.5) is 10.2 Å². The summed E-state index contributed by atoms with van der Waals surface area (Å²) < 4.78 is 20.2. The number of primary amides is 1. The average Bonchev–Trinajstić information content (AvgIpc) is 3.16. The Morgan fingerprint density at radius 1 is 1.24 bits per heavy atom. The van der Waals surface area contributed by atoms with Crippen LogP contribution in [0.15, 0.2) is 48.8 Å². The van der Waals surface area contributed by atoms with E-state index < -0.39 is 5.91 Å². The number of halogens is 1. The molecule has 0 unspecified atom stereocenters. The minimum Gasteiger partial charge on any atom is -0.477 e. The van der Waals surface area contributed by atoms with Gasteiger partial charge in [-0.1, -0.05) is 18.2 Å². The van der Waals surface area contributed by atoms with Crippen molar-refractivity contribution in [2.75, 3.05) is 12.4 Å². The zero-order valence-corrected chi connectivity index (χ0v) is 15.3. The first-order valence-corrected chi connectivity index (χ1v) is 8.60. The van der Waals surface area contributed by atoms with E-state index in [1.54, 1.807) is 34.7 Å². The molecular weight excluding hydrogens is 377 g/mol. The highest BCUT2D eigenvalue weighted by atomic mass is 19.1. The van der Waals surface area contributed by atoms with E-state index in [2.05, 4.69) is 25.5 Å². The molecular formula is C19H16FN7O2. The van der Waals surface area contributed by atoms with Crippen molar-refractivity contribution in [2.45, 2.75) is 6.54 Å². The Balaban J connectivity index is 1.70. The largest absolute Gasteiger partial charge is 0.477 e. The third kappa shape index (κ3) is 3.55. The maximum Gasteiger partial charge on any atom is 0.276 e. The molecule has 0 spiro atoms. The number of aromatic nitrogens is 5. The molecule has 9 nitrogen and oxygen atoms in total. The van der Waals surface area contributed by atoms with Crippen LogP contribution in [0.1, 0.15) is 16.1 Å². The third-order valence-electron chi connectivity index (χ3n) is 4.23. The maximum absolute atomic E-state index is 13.4. The highest BCUT2D eigenvalue weighted by Gasteiger charge is 2.17. The fraction of sp³-hybridized carbons (Fsp3) is 0.105. The lowest BCUT2D eigenvalue weighted by Crippen LogP contribution is -2.14. The Kier molecular flexibility index (Phi) is 4.73. The Morgan fingerprint density at radius 2 is 2.07 bits per heavy atom. The Labute approximate surface area is 164 Å². The number of benzene rings is 1. The number of hydrogen-bond donors (Lipinski definition) is 2. The second kappa shape index (κ2) is 7.50. The summed E-state index contributed by atoms with van der Waals surface area (Å²) in [6, 6.07) is 11.3. The predicted molar refractivity (Wildman–Crippen MR) is 103 cm³/mol. The van der Waals surface area contributed by atoms with E-state index in [0.29, 0.717) is 23.6 Å². The summed E-state index contributed by atoms with van der Waals surface area (Å²) in [5, 5.41) is 11.2. The molecule has 29 heavy (non-hydrogen) atoms. The van der Waals surface area contributed by atoms with Crippen molar-refractivity contribution in [2.24, 2.45) is 5.73 Å². The van der Waals surface area contributed by atoms with Crippen molar-refractivity contribution in [3.8, 4) is 17.4 Å². The van der Waals surface area contributed by atoms with Gasteiger partial charge in [0.1, 0.15) is 23.5 Å². The van der Waals surface area contributed by atoms with Gasteiger partial charge in [-0.2, -0.15) is 0 Å². The van der Waals surface area contributed by atoms with Gasteiger partial charge in [0.2, 0.25) is 5.82 Å². The number of anilines is 1. The van der Waals surface area contributed by atoms with Crippen molar-refractivity contribution >= 4 is 17.2 Å². The number of imidazole rings is 1. The molecule has 0 aliphatic heterocycles. The van der Waals surface area contributed by atoms with Gasteiger partial charge in [-0.15, -0.1) is 10.2 Å². The summed E-state index contributed by atoms with van der Waals surface area (Å²) in [5.41, 5.74) is 7.45. The molecule has 146 valence electrons. The van der Waals surface area contributed by atoms with Crippen LogP contribution in [0.3, 0.4) is 0 Å². The summed E-state index contributed by atoms with van der Waals surface area (Å²) >= 11 is 0. The first-order valence-electron chi connectivity index (χ1n) is 8.60. The number of nitrogens with one attached hydrogen (secondary N) is 1. The van der Waals surface area contributed by atoms with Gasteiger partial charge in [0.15, 0.2) is 5.82 Å². The summed E-state index contributed by atoms with van der Waals surface area (Å²) in [7, 11) is 1.45. The van der Waals surface area contributed by atoms with E-state index >= 15 is 0 Å². The zero-order valence-electron chi connectivity index (χ0n) is 15.3. The van der Waals surface area contributed by atoms with Gasteiger partial charge < -0.3 is 15.8 Å². The molecule has 3 N–H and O–H groups in total. The number of hydrogen-bond acceptors (Lipinski definition) is 7. The summed E-state index contributed by atoms with van der Waals surface area (Å²) in [6.07, 6.45) is 1.47. The minimum atomic E-state index is -0.578. The van der Waals surface area contributed by atoms with Crippen LogP contribution in [0.5, 0.6) is 5.88 Å². The number of pyridine rings is 1. The molecule has 0 saturated carbocycles. The molecule has 1 aromatic carbocycles. The number of carbonyl (C=O) groups excluding carboxylic acids is 1.